The van der Waals surface area contributed by atoms with Gasteiger partial charge in [-0.05, 0) is 50.2 Å². The van der Waals surface area contributed by atoms with Gasteiger partial charge in [0.25, 0.3) is 5.91 Å². The molecule has 0 saturated carbocycles. The van der Waals surface area contributed by atoms with Crippen LogP contribution in [0.25, 0.3) is 16.9 Å². The number of nitrogens with zero attached hydrogens (tertiary/aromatic N) is 5. The van der Waals surface area contributed by atoms with Crippen LogP contribution in [-0.4, -0.2) is 60.8 Å². The van der Waals surface area contributed by atoms with Crippen LogP contribution in [0, 0.1) is 12.8 Å². The Bertz CT molecular complexity index is 1090. The first-order chi connectivity index (χ1) is 15.3. The summed E-state index contributed by atoms with van der Waals surface area (Å²) in [5.74, 6) is 0.688. The molecule has 172 valence electrons. The van der Waals surface area contributed by atoms with E-state index in [1.807, 2.05) is 13.1 Å². The van der Waals surface area contributed by atoms with Crippen LogP contribution in [0.5, 0.6) is 0 Å². The molecule has 3 aromatic heterocycles. The Morgan fingerprint density at radius 1 is 1.19 bits per heavy atom. The molecule has 1 aliphatic rings. The zero-order chi connectivity index (χ0) is 23.0. The van der Waals surface area contributed by atoms with Crippen molar-refractivity contribution >= 4 is 11.6 Å². The number of aromatic amines is 1. The van der Waals surface area contributed by atoms with Gasteiger partial charge in [0.05, 0.1) is 5.69 Å². The minimum absolute atomic E-state index is 0.0925. The number of pyridine rings is 1. The number of rotatable bonds is 6. The minimum Gasteiger partial charge on any atom is -0.348 e. The quantitative estimate of drug-likeness (QED) is 0.612. The summed E-state index contributed by atoms with van der Waals surface area (Å²) in [5.41, 5.74) is 5.10. The number of carbonyl (C=O) groups excluding carboxylic acids is 1. The van der Waals surface area contributed by atoms with Crippen molar-refractivity contribution in [3.05, 3.63) is 35.4 Å². The van der Waals surface area contributed by atoms with E-state index < -0.39 is 0 Å². The number of aromatic nitrogens is 5. The summed E-state index contributed by atoms with van der Waals surface area (Å²) in [6.45, 7) is 15.1. The SMILES string of the molecule is Cc1cc(-c2[nH]nc(C(=O)NC3CCN(C(C)C(C)C)CC3)c2C(C)C)cn2ncnc12. The van der Waals surface area contributed by atoms with Crippen LogP contribution < -0.4 is 5.32 Å². The first-order valence-corrected chi connectivity index (χ1v) is 11.7. The number of amides is 1. The molecule has 1 unspecified atom stereocenters. The van der Waals surface area contributed by atoms with Gasteiger partial charge in [-0.15, -0.1) is 0 Å². The fourth-order valence-electron chi connectivity index (χ4n) is 4.66. The average molecular weight is 438 g/mol. The molecule has 4 heterocycles. The standard InChI is InChI=1S/C24H35N7O/c1-14(2)17(6)30-9-7-19(8-10-30)27-24(32)22-20(15(3)4)21(28-29-22)18-11-16(5)23-25-13-26-31(23)12-18/h11-15,17,19H,7-10H2,1-6H3,(H,27,32)(H,28,29). The molecule has 32 heavy (non-hydrogen) atoms. The van der Waals surface area contributed by atoms with Gasteiger partial charge in [0.2, 0.25) is 0 Å². The van der Waals surface area contributed by atoms with Gasteiger partial charge >= 0.3 is 0 Å². The molecule has 0 aromatic carbocycles. The second-order valence-corrected chi connectivity index (χ2v) is 9.72. The molecule has 1 atom stereocenters. The lowest BCUT2D eigenvalue weighted by Crippen LogP contribution is -2.48. The number of likely N-dealkylation sites (tertiary alicyclic amines) is 1. The van der Waals surface area contributed by atoms with Gasteiger partial charge in [0, 0.05) is 42.5 Å². The van der Waals surface area contributed by atoms with Gasteiger partial charge in [-0.3, -0.25) is 9.89 Å². The van der Waals surface area contributed by atoms with E-state index in [0.29, 0.717) is 17.7 Å². The van der Waals surface area contributed by atoms with Crippen LogP contribution >= 0.6 is 0 Å². The van der Waals surface area contributed by atoms with Crippen LogP contribution in [0.2, 0.25) is 0 Å². The molecule has 1 amide bonds. The monoisotopic (exact) mass is 437 g/mol. The maximum absolute atomic E-state index is 13.2. The van der Waals surface area contributed by atoms with Crippen LogP contribution in [0.4, 0.5) is 0 Å². The molecule has 0 aliphatic carbocycles. The summed E-state index contributed by atoms with van der Waals surface area (Å²) in [4.78, 5) is 20.0. The highest BCUT2D eigenvalue weighted by Gasteiger charge is 2.28. The molecule has 0 bridgehead atoms. The third kappa shape index (κ3) is 4.28. The Balaban J connectivity index is 1.53. The van der Waals surface area contributed by atoms with Gasteiger partial charge in [-0.1, -0.05) is 27.7 Å². The number of nitrogens with one attached hydrogen (secondary N) is 2. The maximum Gasteiger partial charge on any atom is 0.272 e. The first-order valence-electron chi connectivity index (χ1n) is 11.7. The molecule has 1 fully saturated rings. The molecule has 8 nitrogen and oxygen atoms in total. The Morgan fingerprint density at radius 2 is 1.91 bits per heavy atom. The van der Waals surface area contributed by atoms with E-state index in [0.717, 1.165) is 54.0 Å². The lowest BCUT2D eigenvalue weighted by Gasteiger charge is -2.37. The first kappa shape index (κ1) is 22.5. The largest absolute Gasteiger partial charge is 0.348 e. The number of H-pyrrole nitrogens is 1. The van der Waals surface area contributed by atoms with Gasteiger partial charge in [0.15, 0.2) is 11.3 Å². The van der Waals surface area contributed by atoms with E-state index in [2.05, 4.69) is 71.2 Å². The molecule has 4 rings (SSSR count). The molecule has 2 N–H and O–H groups in total. The number of hydrogen-bond acceptors (Lipinski definition) is 5. The summed E-state index contributed by atoms with van der Waals surface area (Å²) < 4.78 is 1.77. The summed E-state index contributed by atoms with van der Waals surface area (Å²) in [7, 11) is 0. The van der Waals surface area contributed by atoms with Crippen molar-refractivity contribution < 1.29 is 4.79 Å². The molecule has 0 spiro atoms. The zero-order valence-electron chi connectivity index (χ0n) is 20.0. The summed E-state index contributed by atoms with van der Waals surface area (Å²) >= 11 is 0. The van der Waals surface area contributed by atoms with Crippen molar-refractivity contribution in [3.8, 4) is 11.3 Å². The van der Waals surface area contributed by atoms with Crippen LogP contribution in [0.3, 0.4) is 0 Å². The van der Waals surface area contributed by atoms with Crippen molar-refractivity contribution in [2.75, 3.05) is 13.1 Å². The van der Waals surface area contributed by atoms with Crippen molar-refractivity contribution in [1.29, 1.82) is 0 Å². The van der Waals surface area contributed by atoms with Gasteiger partial charge in [0.1, 0.15) is 6.33 Å². The fourth-order valence-corrected chi connectivity index (χ4v) is 4.66. The third-order valence-electron chi connectivity index (χ3n) is 6.85. The summed E-state index contributed by atoms with van der Waals surface area (Å²) in [6, 6.07) is 2.82. The van der Waals surface area contributed by atoms with Gasteiger partial charge in [-0.2, -0.15) is 10.2 Å². The Kier molecular flexibility index (Phi) is 6.33. The molecule has 1 saturated heterocycles. The van der Waals surface area contributed by atoms with E-state index in [-0.39, 0.29) is 17.9 Å². The van der Waals surface area contributed by atoms with E-state index in [9.17, 15) is 4.79 Å². The third-order valence-corrected chi connectivity index (χ3v) is 6.85. The van der Waals surface area contributed by atoms with Crippen LogP contribution in [0.15, 0.2) is 18.6 Å². The summed E-state index contributed by atoms with van der Waals surface area (Å²) in [6.07, 6.45) is 5.43. The average Bonchev–Trinajstić information content (AvgIpc) is 3.41. The highest BCUT2D eigenvalue weighted by molar-refractivity contribution is 5.96. The molecule has 3 aromatic rings. The van der Waals surface area contributed by atoms with Crippen molar-refractivity contribution in [2.45, 2.75) is 72.4 Å². The number of hydrogen-bond donors (Lipinski definition) is 2. The maximum atomic E-state index is 13.2. The van der Waals surface area contributed by atoms with Crippen molar-refractivity contribution in [3.63, 3.8) is 0 Å². The number of aryl methyl sites for hydroxylation is 1. The van der Waals surface area contributed by atoms with Gasteiger partial charge in [-0.25, -0.2) is 9.50 Å². The van der Waals surface area contributed by atoms with Crippen molar-refractivity contribution in [1.82, 2.24) is 35.0 Å². The lowest BCUT2D eigenvalue weighted by atomic mass is 9.95. The Hall–Kier alpha value is -2.74. The van der Waals surface area contributed by atoms with E-state index in [1.165, 1.54) is 0 Å². The normalized spacial score (nSPS) is 16.9. The molecule has 1 aliphatic heterocycles. The van der Waals surface area contributed by atoms with E-state index >= 15 is 0 Å². The zero-order valence-corrected chi connectivity index (χ0v) is 20.0. The second-order valence-electron chi connectivity index (χ2n) is 9.72. The predicted octanol–water partition coefficient (Wildman–Crippen LogP) is 3.79. The summed E-state index contributed by atoms with van der Waals surface area (Å²) in [5, 5.41) is 15.1. The molecular formula is C24H35N7O. The molecular weight excluding hydrogens is 402 g/mol. The van der Waals surface area contributed by atoms with Crippen LogP contribution in [-0.2, 0) is 0 Å². The predicted molar refractivity (Wildman–Crippen MR) is 126 cm³/mol. The number of carbonyl (C=O) groups is 1. The Morgan fingerprint density at radius 3 is 2.56 bits per heavy atom. The topological polar surface area (TPSA) is 91.2 Å². The number of piperidine rings is 1. The minimum atomic E-state index is -0.0925. The van der Waals surface area contributed by atoms with Crippen molar-refractivity contribution in [2.24, 2.45) is 5.92 Å². The van der Waals surface area contributed by atoms with E-state index in [4.69, 9.17) is 0 Å². The lowest BCUT2D eigenvalue weighted by molar-refractivity contribution is 0.0869. The molecule has 8 heteroatoms. The van der Waals surface area contributed by atoms with Gasteiger partial charge < -0.3 is 10.2 Å². The smallest absolute Gasteiger partial charge is 0.272 e. The Labute approximate surface area is 189 Å². The molecule has 0 radical (unpaired) electrons. The second kappa shape index (κ2) is 9.02. The van der Waals surface area contributed by atoms with Crippen LogP contribution in [0.1, 0.15) is 75.0 Å². The van der Waals surface area contributed by atoms with E-state index in [1.54, 1.807) is 10.8 Å². The fraction of sp³-hybridized carbons (Fsp3) is 0.583. The number of fused-ring (bicyclic) bond motifs is 1. The highest BCUT2D eigenvalue weighted by Crippen LogP contribution is 2.31. The highest BCUT2D eigenvalue weighted by atomic mass is 16.2.